The fraction of sp³-hybridized carbons (Fsp3) is 0.409. The number of nitrogens with two attached hydrogens (primary N) is 1. The number of rotatable bonds is 9. The van der Waals surface area contributed by atoms with Crippen molar-refractivity contribution >= 4 is 11.0 Å². The highest BCUT2D eigenvalue weighted by atomic mass is 16.5. The zero-order valence-electron chi connectivity index (χ0n) is 15.8. The van der Waals surface area contributed by atoms with Crippen molar-refractivity contribution in [3.8, 4) is 5.75 Å². The van der Waals surface area contributed by atoms with Crippen molar-refractivity contribution in [1.29, 1.82) is 0 Å². The number of nitrogens with zero attached hydrogens (tertiary/aromatic N) is 2. The highest BCUT2D eigenvalue weighted by molar-refractivity contribution is 5.76. The minimum atomic E-state index is -0.0135. The van der Waals surface area contributed by atoms with Gasteiger partial charge >= 0.3 is 0 Å². The van der Waals surface area contributed by atoms with Crippen LogP contribution in [-0.4, -0.2) is 16.2 Å². The number of aryl methyl sites for hydroxylation is 2. The van der Waals surface area contributed by atoms with E-state index in [9.17, 15) is 0 Å². The number of imidazole rings is 1. The van der Waals surface area contributed by atoms with E-state index in [0.717, 1.165) is 54.8 Å². The van der Waals surface area contributed by atoms with Gasteiger partial charge in [-0.3, -0.25) is 0 Å². The van der Waals surface area contributed by atoms with Gasteiger partial charge in [-0.25, -0.2) is 4.98 Å². The van der Waals surface area contributed by atoms with E-state index in [1.807, 2.05) is 18.2 Å². The minimum absolute atomic E-state index is 0.0135. The largest absolute Gasteiger partial charge is 0.494 e. The summed E-state index contributed by atoms with van der Waals surface area (Å²) in [5.74, 6) is 1.92. The van der Waals surface area contributed by atoms with E-state index in [0.29, 0.717) is 6.61 Å². The van der Waals surface area contributed by atoms with Crippen LogP contribution in [-0.2, 0) is 6.54 Å². The number of benzene rings is 2. The van der Waals surface area contributed by atoms with Crippen molar-refractivity contribution in [2.75, 3.05) is 6.61 Å². The molecule has 0 saturated heterocycles. The average Bonchev–Trinajstić information content (AvgIpc) is 3.03. The Morgan fingerprint density at radius 3 is 2.62 bits per heavy atom. The van der Waals surface area contributed by atoms with Crippen molar-refractivity contribution in [1.82, 2.24) is 9.55 Å². The predicted octanol–water partition coefficient (Wildman–Crippen LogP) is 5.00. The van der Waals surface area contributed by atoms with E-state index in [1.54, 1.807) is 0 Å². The molecule has 0 bridgehead atoms. The molecule has 0 aliphatic heterocycles. The Hall–Kier alpha value is -2.33. The van der Waals surface area contributed by atoms with Gasteiger partial charge in [0.2, 0.25) is 0 Å². The van der Waals surface area contributed by atoms with E-state index < -0.39 is 0 Å². The molecule has 4 nitrogen and oxygen atoms in total. The monoisotopic (exact) mass is 351 g/mol. The number of aromatic nitrogens is 2. The van der Waals surface area contributed by atoms with Crippen molar-refractivity contribution < 1.29 is 4.74 Å². The number of fused-ring (bicyclic) bond motifs is 1. The number of hydrogen-bond donors (Lipinski definition) is 1. The van der Waals surface area contributed by atoms with Gasteiger partial charge in [0.1, 0.15) is 11.6 Å². The zero-order chi connectivity index (χ0) is 18.4. The molecule has 2 aromatic carbocycles. The van der Waals surface area contributed by atoms with Gasteiger partial charge in [-0.2, -0.15) is 0 Å². The normalized spacial score (nSPS) is 12.4. The summed E-state index contributed by atoms with van der Waals surface area (Å²) < 4.78 is 8.14. The van der Waals surface area contributed by atoms with E-state index in [-0.39, 0.29) is 6.04 Å². The summed E-state index contributed by atoms with van der Waals surface area (Å²) >= 11 is 0. The Morgan fingerprint density at radius 1 is 1.08 bits per heavy atom. The first kappa shape index (κ1) is 18.5. The quantitative estimate of drug-likeness (QED) is 0.552. The van der Waals surface area contributed by atoms with Gasteiger partial charge in [0.05, 0.1) is 23.7 Å². The molecule has 0 spiro atoms. The molecular weight excluding hydrogens is 322 g/mol. The molecule has 2 N–H and O–H groups in total. The van der Waals surface area contributed by atoms with Crippen LogP contribution in [0.4, 0.5) is 0 Å². The molecule has 0 aliphatic carbocycles. The van der Waals surface area contributed by atoms with Crippen LogP contribution in [0.5, 0.6) is 5.75 Å². The summed E-state index contributed by atoms with van der Waals surface area (Å²) in [5.41, 5.74) is 9.86. The Kier molecular flexibility index (Phi) is 6.29. The molecule has 1 aromatic heterocycles. The molecule has 0 saturated carbocycles. The van der Waals surface area contributed by atoms with Crippen molar-refractivity contribution in [2.24, 2.45) is 5.73 Å². The fourth-order valence-electron chi connectivity index (χ4n) is 3.21. The summed E-state index contributed by atoms with van der Waals surface area (Å²) in [6.45, 7) is 5.82. The van der Waals surface area contributed by atoms with Crippen LogP contribution in [0.2, 0.25) is 0 Å². The molecule has 4 heteroatoms. The first-order chi connectivity index (χ1) is 12.7. The maximum Gasteiger partial charge on any atom is 0.126 e. The third kappa shape index (κ3) is 4.44. The number of para-hydroxylation sites is 2. The summed E-state index contributed by atoms with van der Waals surface area (Å²) in [7, 11) is 0. The van der Waals surface area contributed by atoms with E-state index in [1.165, 1.54) is 5.56 Å². The molecule has 0 fully saturated rings. The lowest BCUT2D eigenvalue weighted by Gasteiger charge is -2.15. The maximum atomic E-state index is 6.44. The first-order valence-electron chi connectivity index (χ1n) is 9.59. The second kappa shape index (κ2) is 8.86. The highest BCUT2D eigenvalue weighted by Gasteiger charge is 2.16. The van der Waals surface area contributed by atoms with Crippen molar-refractivity contribution in [3.05, 3.63) is 59.9 Å². The maximum absolute atomic E-state index is 6.44. The highest BCUT2D eigenvalue weighted by Crippen LogP contribution is 2.23. The Bertz CT molecular complexity index is 823. The lowest BCUT2D eigenvalue weighted by Crippen LogP contribution is -2.17. The van der Waals surface area contributed by atoms with Gasteiger partial charge in [0.25, 0.3) is 0 Å². The van der Waals surface area contributed by atoms with Gasteiger partial charge in [-0.15, -0.1) is 0 Å². The van der Waals surface area contributed by atoms with Crippen LogP contribution in [0, 0.1) is 6.92 Å². The molecular formula is C22H29N3O. The lowest BCUT2D eigenvalue weighted by molar-refractivity contribution is 0.301. The molecule has 3 rings (SSSR count). The molecule has 138 valence electrons. The average molecular weight is 351 g/mol. The molecule has 0 amide bonds. The molecule has 0 aliphatic rings. The van der Waals surface area contributed by atoms with Gasteiger partial charge in [-0.1, -0.05) is 49.6 Å². The fourth-order valence-corrected chi connectivity index (χ4v) is 3.21. The van der Waals surface area contributed by atoms with Crippen LogP contribution in [0.1, 0.15) is 50.0 Å². The Labute approximate surface area is 156 Å². The molecule has 1 heterocycles. The van der Waals surface area contributed by atoms with Crippen LogP contribution in [0.25, 0.3) is 11.0 Å². The van der Waals surface area contributed by atoms with Crippen LogP contribution in [0.3, 0.4) is 0 Å². The number of unbranched alkanes of at least 4 members (excludes halogenated alkanes) is 1. The third-order valence-electron chi connectivity index (χ3n) is 4.70. The number of ether oxygens (including phenoxy) is 1. The topological polar surface area (TPSA) is 53.1 Å². The van der Waals surface area contributed by atoms with Crippen LogP contribution in [0.15, 0.2) is 48.5 Å². The summed E-state index contributed by atoms with van der Waals surface area (Å²) in [5, 5.41) is 0. The molecule has 26 heavy (non-hydrogen) atoms. The van der Waals surface area contributed by atoms with Gasteiger partial charge in [-0.05, 0) is 44.0 Å². The van der Waals surface area contributed by atoms with Crippen LogP contribution >= 0.6 is 0 Å². The van der Waals surface area contributed by atoms with E-state index >= 15 is 0 Å². The minimum Gasteiger partial charge on any atom is -0.494 e. The third-order valence-corrected chi connectivity index (χ3v) is 4.70. The smallest absolute Gasteiger partial charge is 0.126 e. The van der Waals surface area contributed by atoms with Gasteiger partial charge in [0.15, 0.2) is 0 Å². The second-order valence-electron chi connectivity index (χ2n) is 6.87. The Balaban J connectivity index is 1.68. The lowest BCUT2D eigenvalue weighted by atomic mass is 10.1. The van der Waals surface area contributed by atoms with Crippen LogP contribution < -0.4 is 10.5 Å². The van der Waals surface area contributed by atoms with Gasteiger partial charge < -0.3 is 15.0 Å². The number of hydrogen-bond acceptors (Lipinski definition) is 3. The van der Waals surface area contributed by atoms with Crippen molar-refractivity contribution in [3.63, 3.8) is 0 Å². The second-order valence-corrected chi connectivity index (χ2v) is 6.87. The molecule has 0 radical (unpaired) electrons. The SMILES string of the molecule is CCCCC(N)c1nc2ccccc2n1CCCOc1ccc(C)cc1. The molecule has 1 unspecified atom stereocenters. The van der Waals surface area contributed by atoms with E-state index in [4.69, 9.17) is 15.5 Å². The predicted molar refractivity (Wildman–Crippen MR) is 107 cm³/mol. The Morgan fingerprint density at radius 2 is 1.85 bits per heavy atom. The standard InChI is InChI=1S/C22H29N3O/c1-3-4-8-19(23)22-24-20-9-5-6-10-21(20)25(22)15-7-16-26-18-13-11-17(2)12-14-18/h5-6,9-14,19H,3-4,7-8,15-16,23H2,1-2H3. The van der Waals surface area contributed by atoms with E-state index in [2.05, 4.69) is 48.7 Å². The summed E-state index contributed by atoms with van der Waals surface area (Å²) in [6.07, 6.45) is 4.17. The molecule has 3 aromatic rings. The summed E-state index contributed by atoms with van der Waals surface area (Å²) in [4.78, 5) is 4.81. The zero-order valence-corrected chi connectivity index (χ0v) is 15.8. The first-order valence-corrected chi connectivity index (χ1v) is 9.59. The molecule has 1 atom stereocenters. The van der Waals surface area contributed by atoms with Crippen molar-refractivity contribution in [2.45, 2.75) is 52.1 Å². The van der Waals surface area contributed by atoms with Gasteiger partial charge in [0, 0.05) is 6.54 Å². The summed E-state index contributed by atoms with van der Waals surface area (Å²) in [6, 6.07) is 16.5.